The van der Waals surface area contributed by atoms with Crippen LogP contribution in [0.2, 0.25) is 0 Å². The van der Waals surface area contributed by atoms with Crippen molar-refractivity contribution in [3.05, 3.63) is 71.8 Å². The first-order valence-electron chi connectivity index (χ1n) is 10.3. The van der Waals surface area contributed by atoms with E-state index in [4.69, 9.17) is 4.74 Å². The van der Waals surface area contributed by atoms with E-state index in [9.17, 15) is 10.2 Å². The lowest BCUT2D eigenvalue weighted by atomic mass is 9.74. The number of piperidine rings is 1. The van der Waals surface area contributed by atoms with Crippen molar-refractivity contribution in [2.24, 2.45) is 5.41 Å². The lowest BCUT2D eigenvalue weighted by molar-refractivity contribution is 0.0413. The van der Waals surface area contributed by atoms with Crippen molar-refractivity contribution in [3.8, 4) is 11.5 Å². The number of methoxy groups -OCH3 is 1. The zero-order valence-corrected chi connectivity index (χ0v) is 17.0. The zero-order valence-electron chi connectivity index (χ0n) is 17.0. The summed E-state index contributed by atoms with van der Waals surface area (Å²) in [6, 6.07) is 20.1. The highest BCUT2D eigenvalue weighted by molar-refractivity contribution is 5.87. The van der Waals surface area contributed by atoms with E-state index in [1.54, 1.807) is 13.2 Å². The maximum absolute atomic E-state index is 10.4. The average Bonchev–Trinajstić information content (AvgIpc) is 2.77. The van der Waals surface area contributed by atoms with E-state index >= 15 is 0 Å². The van der Waals surface area contributed by atoms with Gasteiger partial charge in [-0.3, -0.25) is 4.90 Å². The highest BCUT2D eigenvalue weighted by Gasteiger charge is 2.34. The van der Waals surface area contributed by atoms with Crippen LogP contribution in [0.1, 0.15) is 24.0 Å². The average molecular weight is 392 g/mol. The van der Waals surface area contributed by atoms with Gasteiger partial charge in [0.1, 0.15) is 11.5 Å². The Morgan fingerprint density at radius 1 is 0.966 bits per heavy atom. The van der Waals surface area contributed by atoms with Crippen LogP contribution < -0.4 is 4.74 Å². The molecule has 4 rings (SSSR count). The number of hydrogen-bond acceptors (Lipinski definition) is 4. The SMILES string of the molecule is COc1ccc(CC2(CO)CCN(Cc3c(O)ccc4ccccc34)CC2)cc1. The highest BCUT2D eigenvalue weighted by Crippen LogP contribution is 2.37. The van der Waals surface area contributed by atoms with Gasteiger partial charge in [0, 0.05) is 18.7 Å². The number of fused-ring (bicyclic) bond motifs is 1. The van der Waals surface area contributed by atoms with Gasteiger partial charge in [0.15, 0.2) is 0 Å². The molecule has 29 heavy (non-hydrogen) atoms. The van der Waals surface area contributed by atoms with Crippen LogP contribution in [0, 0.1) is 5.41 Å². The molecular formula is C25H29NO3. The second-order valence-corrected chi connectivity index (χ2v) is 8.24. The summed E-state index contributed by atoms with van der Waals surface area (Å²) >= 11 is 0. The quantitative estimate of drug-likeness (QED) is 0.655. The van der Waals surface area contributed by atoms with E-state index in [-0.39, 0.29) is 12.0 Å². The first kappa shape index (κ1) is 19.7. The van der Waals surface area contributed by atoms with Crippen LogP contribution in [-0.4, -0.2) is 41.9 Å². The standard InChI is InChI=1S/C25H29NO3/c1-29-21-9-6-19(7-10-21)16-25(18-27)12-14-26(15-13-25)17-23-22-5-3-2-4-20(22)8-11-24(23)28/h2-11,27-28H,12-18H2,1H3. The Balaban J connectivity index is 1.45. The number of aliphatic hydroxyl groups is 1. The highest BCUT2D eigenvalue weighted by atomic mass is 16.5. The van der Waals surface area contributed by atoms with Crippen LogP contribution in [0.4, 0.5) is 0 Å². The fourth-order valence-electron chi connectivity index (χ4n) is 4.47. The Bertz CT molecular complexity index is 959. The molecule has 0 radical (unpaired) electrons. The third-order valence-corrected chi connectivity index (χ3v) is 6.39. The number of phenolic OH excluding ortho intramolecular Hbond substituents is 1. The van der Waals surface area contributed by atoms with Gasteiger partial charge in [-0.05, 0) is 72.3 Å². The molecule has 3 aromatic rings. The van der Waals surface area contributed by atoms with Gasteiger partial charge in [-0.2, -0.15) is 0 Å². The number of phenols is 1. The lowest BCUT2D eigenvalue weighted by Gasteiger charge is -2.41. The Morgan fingerprint density at radius 3 is 2.38 bits per heavy atom. The number of nitrogens with zero attached hydrogens (tertiary/aromatic N) is 1. The molecule has 4 heteroatoms. The van der Waals surface area contributed by atoms with Crippen molar-refractivity contribution in [1.82, 2.24) is 4.90 Å². The summed E-state index contributed by atoms with van der Waals surface area (Å²) in [6.45, 7) is 2.77. The van der Waals surface area contributed by atoms with Gasteiger partial charge in [-0.1, -0.05) is 42.5 Å². The summed E-state index contributed by atoms with van der Waals surface area (Å²) in [5.74, 6) is 1.22. The van der Waals surface area contributed by atoms with Gasteiger partial charge < -0.3 is 14.9 Å². The van der Waals surface area contributed by atoms with Crippen LogP contribution in [-0.2, 0) is 13.0 Å². The minimum absolute atomic E-state index is 0.0775. The molecule has 0 bridgehead atoms. The number of rotatable bonds is 6. The second kappa shape index (κ2) is 8.44. The largest absolute Gasteiger partial charge is 0.508 e. The summed E-state index contributed by atoms with van der Waals surface area (Å²) in [7, 11) is 1.67. The van der Waals surface area contributed by atoms with Crippen molar-refractivity contribution in [2.75, 3.05) is 26.8 Å². The molecule has 1 aliphatic heterocycles. The molecule has 1 heterocycles. The minimum atomic E-state index is -0.0775. The molecule has 0 atom stereocenters. The fraction of sp³-hybridized carbons (Fsp3) is 0.360. The Morgan fingerprint density at radius 2 is 1.69 bits per heavy atom. The zero-order chi connectivity index (χ0) is 20.3. The van der Waals surface area contributed by atoms with E-state index in [2.05, 4.69) is 29.2 Å². The van der Waals surface area contributed by atoms with Gasteiger partial charge in [-0.25, -0.2) is 0 Å². The van der Waals surface area contributed by atoms with E-state index in [0.717, 1.165) is 61.0 Å². The van der Waals surface area contributed by atoms with Crippen molar-refractivity contribution >= 4 is 10.8 Å². The summed E-state index contributed by atoms with van der Waals surface area (Å²) < 4.78 is 5.24. The Hall–Kier alpha value is -2.56. The Labute approximate surface area is 172 Å². The van der Waals surface area contributed by atoms with Gasteiger partial charge in [-0.15, -0.1) is 0 Å². The fourth-order valence-corrected chi connectivity index (χ4v) is 4.47. The smallest absolute Gasteiger partial charge is 0.120 e. The van der Waals surface area contributed by atoms with E-state index in [1.807, 2.05) is 30.3 Å². The van der Waals surface area contributed by atoms with Crippen LogP contribution in [0.25, 0.3) is 10.8 Å². The predicted molar refractivity (Wildman–Crippen MR) is 116 cm³/mol. The maximum atomic E-state index is 10.4. The summed E-state index contributed by atoms with van der Waals surface area (Å²) in [4.78, 5) is 2.39. The minimum Gasteiger partial charge on any atom is -0.508 e. The van der Waals surface area contributed by atoms with E-state index in [1.165, 1.54) is 5.56 Å². The third-order valence-electron chi connectivity index (χ3n) is 6.39. The molecule has 1 saturated heterocycles. The first-order valence-corrected chi connectivity index (χ1v) is 10.3. The van der Waals surface area contributed by atoms with Crippen molar-refractivity contribution < 1.29 is 14.9 Å². The van der Waals surface area contributed by atoms with E-state index in [0.29, 0.717) is 5.75 Å². The normalized spacial score (nSPS) is 16.8. The summed E-state index contributed by atoms with van der Waals surface area (Å²) in [5.41, 5.74) is 2.15. The molecule has 0 saturated carbocycles. The number of likely N-dealkylation sites (tertiary alicyclic amines) is 1. The number of aliphatic hydroxyl groups excluding tert-OH is 1. The first-order chi connectivity index (χ1) is 14.1. The molecule has 3 aromatic carbocycles. The number of ether oxygens (including phenoxy) is 1. The summed E-state index contributed by atoms with van der Waals surface area (Å²) in [5, 5.41) is 22.9. The molecular weight excluding hydrogens is 362 g/mol. The van der Waals surface area contributed by atoms with Crippen LogP contribution in [0.3, 0.4) is 0 Å². The molecule has 0 unspecified atom stereocenters. The summed E-state index contributed by atoms with van der Waals surface area (Å²) in [6.07, 6.45) is 2.77. The van der Waals surface area contributed by atoms with Crippen LogP contribution in [0.5, 0.6) is 11.5 Å². The van der Waals surface area contributed by atoms with Gasteiger partial charge in [0.25, 0.3) is 0 Å². The molecule has 4 nitrogen and oxygen atoms in total. The second-order valence-electron chi connectivity index (χ2n) is 8.24. The number of hydrogen-bond donors (Lipinski definition) is 2. The molecule has 0 aliphatic carbocycles. The number of aromatic hydroxyl groups is 1. The van der Waals surface area contributed by atoms with Gasteiger partial charge in [0.05, 0.1) is 7.11 Å². The molecule has 1 fully saturated rings. The molecule has 152 valence electrons. The molecule has 0 spiro atoms. The predicted octanol–water partition coefficient (Wildman–Crippen LogP) is 4.37. The monoisotopic (exact) mass is 391 g/mol. The Kier molecular flexibility index (Phi) is 5.74. The van der Waals surface area contributed by atoms with Crippen LogP contribution >= 0.6 is 0 Å². The maximum Gasteiger partial charge on any atom is 0.120 e. The van der Waals surface area contributed by atoms with Crippen molar-refractivity contribution in [2.45, 2.75) is 25.8 Å². The van der Waals surface area contributed by atoms with Gasteiger partial charge in [0.2, 0.25) is 0 Å². The molecule has 0 amide bonds. The topological polar surface area (TPSA) is 52.9 Å². The number of benzene rings is 3. The molecule has 0 aromatic heterocycles. The third kappa shape index (κ3) is 4.24. The molecule has 1 aliphatic rings. The lowest BCUT2D eigenvalue weighted by Crippen LogP contribution is -2.42. The van der Waals surface area contributed by atoms with E-state index < -0.39 is 0 Å². The van der Waals surface area contributed by atoms with Crippen molar-refractivity contribution in [3.63, 3.8) is 0 Å². The van der Waals surface area contributed by atoms with Crippen LogP contribution in [0.15, 0.2) is 60.7 Å². The molecule has 2 N–H and O–H groups in total. The van der Waals surface area contributed by atoms with Crippen molar-refractivity contribution in [1.29, 1.82) is 0 Å². The van der Waals surface area contributed by atoms with Gasteiger partial charge >= 0.3 is 0 Å².